The van der Waals surface area contributed by atoms with Gasteiger partial charge in [-0.25, -0.2) is 6.57 Å². The second kappa shape index (κ2) is 12.8. The normalized spacial score (nSPS) is 22.8. The van der Waals surface area contributed by atoms with Gasteiger partial charge in [0.1, 0.15) is 11.9 Å². The molecular weight excluding hydrogens is 590 g/mol. The number of hydrogen-bond acceptors (Lipinski definition) is 8. The maximum atomic E-state index is 12.6. The smallest absolute Gasteiger partial charge is 0.318 e. The third kappa shape index (κ3) is 5.92. The molecule has 2 bridgehead atoms. The second-order valence-corrected chi connectivity index (χ2v) is 12.7. The molecule has 10 nitrogen and oxygen atoms in total. The van der Waals surface area contributed by atoms with E-state index < -0.39 is 0 Å². The quantitative estimate of drug-likeness (QED) is 0.198. The van der Waals surface area contributed by atoms with E-state index >= 15 is 0 Å². The second-order valence-electron chi connectivity index (χ2n) is 12.3. The summed E-state index contributed by atoms with van der Waals surface area (Å²) >= 11 is 6.71. The zero-order chi connectivity index (χ0) is 30.9. The third-order valence-electron chi connectivity index (χ3n) is 9.57. The Morgan fingerprint density at radius 3 is 2.80 bits per heavy atom. The number of nitrogens with zero attached hydrogens (tertiary/aromatic N) is 7. The SMILES string of the molecule is [C-]#[N+]C[C@H]1CN(c2nc(OCCCN3C[C@@H]4C[C@H]3CO4)nc3c2CCN(c2cccc4cccc(Cl)c24)C3)CCN1C(=O)C=C. The van der Waals surface area contributed by atoms with Crippen molar-refractivity contribution in [2.45, 2.75) is 44.0 Å². The monoisotopic (exact) mass is 627 g/mol. The fourth-order valence-electron chi connectivity index (χ4n) is 7.36. The maximum absolute atomic E-state index is 12.6. The number of halogens is 1. The largest absolute Gasteiger partial charge is 0.463 e. The molecule has 2 aromatic carbocycles. The standard InChI is InChI=1S/C34H38ClN7O3/c1-3-31(43)42-15-14-41(19-25(42)18-36-2)33-27-11-13-40(30-10-5-8-23-7-4-9-28(35)32(23)30)21-29(27)37-34(38-33)44-16-6-12-39-20-26-17-24(39)22-45-26/h3-5,7-10,24-26H,1,6,11-22H2/t24-,25-,26-/m0/s1. The van der Waals surface area contributed by atoms with Crippen molar-refractivity contribution in [3.05, 3.63) is 76.8 Å². The van der Waals surface area contributed by atoms with Gasteiger partial charge in [0.2, 0.25) is 12.5 Å². The van der Waals surface area contributed by atoms with E-state index in [0.717, 1.165) is 84.1 Å². The van der Waals surface area contributed by atoms with Gasteiger partial charge in [-0.05, 0) is 42.9 Å². The van der Waals surface area contributed by atoms with Crippen molar-refractivity contribution >= 4 is 39.8 Å². The van der Waals surface area contributed by atoms with Crippen LogP contribution in [0.5, 0.6) is 6.01 Å². The topological polar surface area (TPSA) is 78.6 Å². The predicted molar refractivity (Wildman–Crippen MR) is 175 cm³/mol. The minimum Gasteiger partial charge on any atom is -0.463 e. The molecule has 11 heteroatoms. The van der Waals surface area contributed by atoms with Crippen LogP contribution in [0, 0.1) is 6.57 Å². The fourth-order valence-corrected chi connectivity index (χ4v) is 7.64. The summed E-state index contributed by atoms with van der Waals surface area (Å²) in [5.41, 5.74) is 3.12. The zero-order valence-corrected chi connectivity index (χ0v) is 26.2. The van der Waals surface area contributed by atoms with Gasteiger partial charge in [0.15, 0.2) is 0 Å². The molecule has 0 spiro atoms. The number of benzene rings is 2. The van der Waals surface area contributed by atoms with Crippen LogP contribution in [0.15, 0.2) is 49.1 Å². The van der Waals surface area contributed by atoms with Gasteiger partial charge < -0.3 is 29.0 Å². The van der Waals surface area contributed by atoms with Gasteiger partial charge in [-0.1, -0.05) is 42.4 Å². The number of rotatable bonds is 9. The Hall–Kier alpha value is -3.91. The Morgan fingerprint density at radius 1 is 1.16 bits per heavy atom. The number of ether oxygens (including phenoxy) is 2. The van der Waals surface area contributed by atoms with Crippen LogP contribution < -0.4 is 14.5 Å². The van der Waals surface area contributed by atoms with E-state index in [-0.39, 0.29) is 18.5 Å². The lowest BCUT2D eigenvalue weighted by Gasteiger charge is -2.41. The molecule has 1 amide bonds. The van der Waals surface area contributed by atoms with Gasteiger partial charge in [0.25, 0.3) is 0 Å². The number of aromatic nitrogens is 2. The number of likely N-dealkylation sites (tertiary alicyclic amines) is 1. The highest BCUT2D eigenvalue weighted by Gasteiger charge is 2.38. The summed E-state index contributed by atoms with van der Waals surface area (Å²) < 4.78 is 12.0. The van der Waals surface area contributed by atoms with E-state index in [2.05, 4.69) is 50.4 Å². The van der Waals surface area contributed by atoms with E-state index in [0.29, 0.717) is 50.9 Å². The highest BCUT2D eigenvalue weighted by atomic mass is 35.5. The van der Waals surface area contributed by atoms with Crippen molar-refractivity contribution in [2.75, 3.05) is 68.8 Å². The molecule has 0 saturated carbocycles. The van der Waals surface area contributed by atoms with Crippen LogP contribution in [-0.2, 0) is 22.5 Å². The third-order valence-corrected chi connectivity index (χ3v) is 9.89. The predicted octanol–water partition coefficient (Wildman–Crippen LogP) is 4.21. The number of amides is 1. The highest BCUT2D eigenvalue weighted by Crippen LogP contribution is 2.37. The molecule has 234 valence electrons. The first-order valence-corrected chi connectivity index (χ1v) is 16.2. The average Bonchev–Trinajstić information content (AvgIpc) is 3.70. The Kier molecular flexibility index (Phi) is 8.49. The van der Waals surface area contributed by atoms with Gasteiger partial charge in [0, 0.05) is 61.9 Å². The van der Waals surface area contributed by atoms with Crippen LogP contribution in [0.4, 0.5) is 11.5 Å². The molecule has 0 radical (unpaired) electrons. The van der Waals surface area contributed by atoms with Gasteiger partial charge in [-0.15, -0.1) is 0 Å². The molecule has 0 unspecified atom stereocenters. The molecule has 3 saturated heterocycles. The molecule has 5 heterocycles. The molecule has 3 fully saturated rings. The van der Waals surface area contributed by atoms with Crippen LogP contribution in [-0.4, -0.2) is 103 Å². The lowest BCUT2D eigenvalue weighted by molar-refractivity contribution is -0.128. The molecule has 3 atom stereocenters. The van der Waals surface area contributed by atoms with E-state index in [1.165, 1.54) is 6.08 Å². The van der Waals surface area contributed by atoms with Crippen molar-refractivity contribution < 1.29 is 14.3 Å². The first kappa shape index (κ1) is 29.8. The molecule has 3 aromatic rings. The van der Waals surface area contributed by atoms with Crippen molar-refractivity contribution in [2.24, 2.45) is 0 Å². The van der Waals surface area contributed by atoms with Gasteiger partial charge in [-0.3, -0.25) is 9.69 Å². The van der Waals surface area contributed by atoms with Crippen LogP contribution in [0.1, 0.15) is 24.1 Å². The van der Waals surface area contributed by atoms with E-state index in [4.69, 9.17) is 37.6 Å². The summed E-state index contributed by atoms with van der Waals surface area (Å²) in [5, 5.41) is 2.88. The first-order valence-electron chi connectivity index (χ1n) is 15.8. The Labute approximate surface area is 269 Å². The Balaban J connectivity index is 1.15. The highest BCUT2D eigenvalue weighted by molar-refractivity contribution is 6.36. The lowest BCUT2D eigenvalue weighted by Crippen LogP contribution is -2.56. The van der Waals surface area contributed by atoms with Crippen LogP contribution in [0.25, 0.3) is 15.6 Å². The number of piperazine rings is 1. The summed E-state index contributed by atoms with van der Waals surface area (Å²) in [6.45, 7) is 17.8. The van der Waals surface area contributed by atoms with Crippen LogP contribution >= 0.6 is 11.6 Å². The van der Waals surface area contributed by atoms with Gasteiger partial charge in [0.05, 0.1) is 36.6 Å². The molecule has 0 N–H and O–H groups in total. The fraction of sp³-hybridized carbons (Fsp3) is 0.471. The summed E-state index contributed by atoms with van der Waals surface area (Å²) in [7, 11) is 0. The van der Waals surface area contributed by atoms with E-state index in [1.54, 1.807) is 4.90 Å². The number of hydrogen-bond donors (Lipinski definition) is 0. The molecule has 7 rings (SSSR count). The summed E-state index contributed by atoms with van der Waals surface area (Å²) in [5.74, 6) is 0.708. The number of fused-ring (bicyclic) bond motifs is 4. The zero-order valence-electron chi connectivity index (χ0n) is 25.4. The molecular formula is C34H38ClN7O3. The van der Waals surface area contributed by atoms with Crippen molar-refractivity contribution in [1.29, 1.82) is 0 Å². The van der Waals surface area contributed by atoms with E-state index in [9.17, 15) is 4.79 Å². The van der Waals surface area contributed by atoms with E-state index in [1.807, 2.05) is 12.1 Å². The summed E-state index contributed by atoms with van der Waals surface area (Å²) in [4.78, 5) is 35.0. The van der Waals surface area contributed by atoms with Crippen molar-refractivity contribution in [3.8, 4) is 6.01 Å². The number of morpholine rings is 1. The lowest BCUT2D eigenvalue weighted by atomic mass is 10.0. The van der Waals surface area contributed by atoms with Crippen molar-refractivity contribution in [3.63, 3.8) is 0 Å². The molecule has 4 aliphatic heterocycles. The number of carbonyl (C=O) groups is 1. The first-order chi connectivity index (χ1) is 22.0. The van der Waals surface area contributed by atoms with Gasteiger partial charge >= 0.3 is 6.01 Å². The van der Waals surface area contributed by atoms with Crippen LogP contribution in [0.2, 0.25) is 5.02 Å². The molecule has 45 heavy (non-hydrogen) atoms. The molecule has 1 aromatic heterocycles. The maximum Gasteiger partial charge on any atom is 0.318 e. The summed E-state index contributed by atoms with van der Waals surface area (Å²) in [6, 6.07) is 13.0. The minimum absolute atomic E-state index is 0.140. The summed E-state index contributed by atoms with van der Waals surface area (Å²) in [6.07, 6.45) is 4.49. The number of anilines is 2. The Morgan fingerprint density at radius 2 is 2.02 bits per heavy atom. The number of carbonyl (C=O) groups excluding carboxylic acids is 1. The molecule has 0 aliphatic carbocycles. The Bertz CT molecular complexity index is 1640. The molecule has 4 aliphatic rings. The van der Waals surface area contributed by atoms with Crippen LogP contribution in [0.3, 0.4) is 0 Å². The average molecular weight is 628 g/mol. The minimum atomic E-state index is -0.241. The van der Waals surface area contributed by atoms with Gasteiger partial charge in [-0.2, -0.15) is 9.97 Å². The van der Waals surface area contributed by atoms with Crippen molar-refractivity contribution in [1.82, 2.24) is 19.8 Å².